The molecule has 11 heavy (non-hydrogen) atoms. The van der Waals surface area contributed by atoms with Gasteiger partial charge in [-0.2, -0.15) is 0 Å². The molecule has 1 rings (SSSR count). The second-order valence-electron chi connectivity index (χ2n) is 3.52. The SMILES string of the molecule is CC(CC=O)CN1CCCC1. The van der Waals surface area contributed by atoms with Gasteiger partial charge in [-0.1, -0.05) is 6.92 Å². The molecule has 1 aliphatic heterocycles. The molecule has 2 nitrogen and oxygen atoms in total. The average Bonchev–Trinajstić information content (AvgIpc) is 2.40. The number of rotatable bonds is 4. The minimum absolute atomic E-state index is 0.547. The van der Waals surface area contributed by atoms with Crippen molar-refractivity contribution in [2.24, 2.45) is 5.92 Å². The van der Waals surface area contributed by atoms with Crippen LogP contribution in [-0.4, -0.2) is 30.8 Å². The molecule has 0 aromatic rings. The molecule has 0 aromatic carbocycles. The van der Waals surface area contributed by atoms with Gasteiger partial charge in [0.25, 0.3) is 0 Å². The Morgan fingerprint density at radius 3 is 2.64 bits per heavy atom. The lowest BCUT2D eigenvalue weighted by Gasteiger charge is -2.18. The van der Waals surface area contributed by atoms with Crippen LogP contribution >= 0.6 is 0 Å². The minimum Gasteiger partial charge on any atom is -0.303 e. The van der Waals surface area contributed by atoms with Gasteiger partial charge in [-0.15, -0.1) is 0 Å². The molecule has 0 N–H and O–H groups in total. The van der Waals surface area contributed by atoms with E-state index in [0.29, 0.717) is 5.92 Å². The molecule has 0 aliphatic carbocycles. The van der Waals surface area contributed by atoms with Gasteiger partial charge in [0.05, 0.1) is 0 Å². The minimum atomic E-state index is 0.547. The summed E-state index contributed by atoms with van der Waals surface area (Å²) < 4.78 is 0. The molecule has 1 heterocycles. The molecule has 0 bridgehead atoms. The van der Waals surface area contributed by atoms with Crippen LogP contribution in [0.2, 0.25) is 0 Å². The van der Waals surface area contributed by atoms with Crippen LogP contribution in [0.25, 0.3) is 0 Å². The summed E-state index contributed by atoms with van der Waals surface area (Å²) in [6, 6.07) is 0. The Kier molecular flexibility index (Phi) is 3.57. The number of nitrogens with zero attached hydrogens (tertiary/aromatic N) is 1. The number of aldehydes is 1. The maximum Gasteiger partial charge on any atom is 0.120 e. The van der Waals surface area contributed by atoms with Gasteiger partial charge in [-0.3, -0.25) is 0 Å². The van der Waals surface area contributed by atoms with Crippen LogP contribution < -0.4 is 0 Å². The molecule has 0 aromatic heterocycles. The Morgan fingerprint density at radius 1 is 1.45 bits per heavy atom. The molecule has 1 unspecified atom stereocenters. The van der Waals surface area contributed by atoms with Crippen molar-refractivity contribution in [2.45, 2.75) is 26.2 Å². The molecule has 64 valence electrons. The van der Waals surface area contributed by atoms with E-state index in [4.69, 9.17) is 0 Å². The van der Waals surface area contributed by atoms with E-state index >= 15 is 0 Å². The quantitative estimate of drug-likeness (QED) is 0.570. The van der Waals surface area contributed by atoms with Gasteiger partial charge < -0.3 is 9.69 Å². The summed E-state index contributed by atoms with van der Waals surface area (Å²) >= 11 is 0. The van der Waals surface area contributed by atoms with E-state index in [0.717, 1.165) is 19.3 Å². The Bertz CT molecular complexity index is 119. The summed E-state index contributed by atoms with van der Waals surface area (Å²) in [5.41, 5.74) is 0. The zero-order valence-corrected chi connectivity index (χ0v) is 7.25. The predicted molar refractivity (Wildman–Crippen MR) is 45.5 cm³/mol. The number of hydrogen-bond acceptors (Lipinski definition) is 2. The predicted octanol–water partition coefficient (Wildman–Crippen LogP) is 1.31. The molecule has 0 radical (unpaired) electrons. The molecule has 1 saturated heterocycles. The third-order valence-electron chi connectivity index (χ3n) is 2.27. The van der Waals surface area contributed by atoms with Crippen LogP contribution in [0, 0.1) is 5.92 Å². The largest absolute Gasteiger partial charge is 0.303 e. The summed E-state index contributed by atoms with van der Waals surface area (Å²) in [5.74, 6) is 0.547. The lowest BCUT2D eigenvalue weighted by molar-refractivity contribution is -0.108. The lowest BCUT2D eigenvalue weighted by Crippen LogP contribution is -2.25. The highest BCUT2D eigenvalue weighted by Gasteiger charge is 2.13. The fourth-order valence-corrected chi connectivity index (χ4v) is 1.64. The number of hydrogen-bond donors (Lipinski definition) is 0. The van der Waals surface area contributed by atoms with E-state index in [9.17, 15) is 4.79 Å². The van der Waals surface area contributed by atoms with E-state index in [-0.39, 0.29) is 0 Å². The zero-order valence-electron chi connectivity index (χ0n) is 7.25. The van der Waals surface area contributed by atoms with Crippen molar-refractivity contribution >= 4 is 6.29 Å². The number of likely N-dealkylation sites (tertiary alicyclic amines) is 1. The summed E-state index contributed by atoms with van der Waals surface area (Å²) in [4.78, 5) is 12.6. The number of carbonyl (C=O) groups excluding carboxylic acids is 1. The highest BCUT2D eigenvalue weighted by atomic mass is 16.1. The first kappa shape index (κ1) is 8.72. The highest BCUT2D eigenvalue weighted by Crippen LogP contribution is 2.11. The second-order valence-corrected chi connectivity index (χ2v) is 3.52. The lowest BCUT2D eigenvalue weighted by atomic mass is 10.1. The maximum atomic E-state index is 10.2. The average molecular weight is 155 g/mol. The second kappa shape index (κ2) is 4.50. The van der Waals surface area contributed by atoms with Crippen molar-refractivity contribution in [3.63, 3.8) is 0 Å². The van der Waals surface area contributed by atoms with Crippen molar-refractivity contribution in [1.82, 2.24) is 4.90 Å². The molecule has 0 amide bonds. The summed E-state index contributed by atoms with van der Waals surface area (Å²) in [6.45, 7) is 5.73. The molecule has 1 atom stereocenters. The number of carbonyl (C=O) groups is 1. The topological polar surface area (TPSA) is 20.3 Å². The van der Waals surface area contributed by atoms with Crippen LogP contribution in [0.4, 0.5) is 0 Å². The van der Waals surface area contributed by atoms with Gasteiger partial charge in [-0.05, 0) is 31.8 Å². The van der Waals surface area contributed by atoms with Crippen LogP contribution in [-0.2, 0) is 4.79 Å². The fraction of sp³-hybridized carbons (Fsp3) is 0.889. The van der Waals surface area contributed by atoms with E-state index in [2.05, 4.69) is 11.8 Å². The van der Waals surface area contributed by atoms with Crippen molar-refractivity contribution in [3.05, 3.63) is 0 Å². The van der Waals surface area contributed by atoms with Crippen LogP contribution in [0.3, 0.4) is 0 Å². The Balaban J connectivity index is 2.12. The van der Waals surface area contributed by atoms with Crippen molar-refractivity contribution in [3.8, 4) is 0 Å². The summed E-state index contributed by atoms with van der Waals surface area (Å²) in [5, 5.41) is 0. The Labute approximate surface area is 68.6 Å². The summed E-state index contributed by atoms with van der Waals surface area (Å²) in [7, 11) is 0. The van der Waals surface area contributed by atoms with Crippen molar-refractivity contribution < 1.29 is 4.79 Å². The molecule has 2 heteroatoms. The van der Waals surface area contributed by atoms with Crippen LogP contribution in [0.15, 0.2) is 0 Å². The summed E-state index contributed by atoms with van der Waals surface area (Å²) in [6.07, 6.45) is 4.43. The molecule has 1 aliphatic rings. The molecule has 1 fully saturated rings. The van der Waals surface area contributed by atoms with E-state index in [1.165, 1.54) is 25.9 Å². The van der Waals surface area contributed by atoms with Crippen molar-refractivity contribution in [2.75, 3.05) is 19.6 Å². The van der Waals surface area contributed by atoms with Gasteiger partial charge >= 0.3 is 0 Å². The van der Waals surface area contributed by atoms with E-state index < -0.39 is 0 Å². The first-order valence-electron chi connectivity index (χ1n) is 4.49. The van der Waals surface area contributed by atoms with Gasteiger partial charge in [0.1, 0.15) is 6.29 Å². The highest BCUT2D eigenvalue weighted by molar-refractivity contribution is 5.49. The molecule has 0 spiro atoms. The molecular formula is C9H17NO. The first-order chi connectivity index (χ1) is 5.33. The zero-order chi connectivity index (χ0) is 8.10. The maximum absolute atomic E-state index is 10.2. The van der Waals surface area contributed by atoms with E-state index in [1.807, 2.05) is 0 Å². The normalized spacial score (nSPS) is 21.9. The fourth-order valence-electron chi connectivity index (χ4n) is 1.64. The van der Waals surface area contributed by atoms with Gasteiger partial charge in [-0.25, -0.2) is 0 Å². The third kappa shape index (κ3) is 3.02. The van der Waals surface area contributed by atoms with Crippen molar-refractivity contribution in [1.29, 1.82) is 0 Å². The third-order valence-corrected chi connectivity index (χ3v) is 2.27. The van der Waals surface area contributed by atoms with Gasteiger partial charge in [0, 0.05) is 13.0 Å². The molecule has 0 saturated carbocycles. The standard InChI is InChI=1S/C9H17NO/c1-9(4-7-11)8-10-5-2-3-6-10/h7,9H,2-6,8H2,1H3. The van der Waals surface area contributed by atoms with Crippen LogP contribution in [0.1, 0.15) is 26.2 Å². The van der Waals surface area contributed by atoms with E-state index in [1.54, 1.807) is 0 Å². The smallest absolute Gasteiger partial charge is 0.120 e. The first-order valence-corrected chi connectivity index (χ1v) is 4.49. The Morgan fingerprint density at radius 2 is 2.09 bits per heavy atom. The Hall–Kier alpha value is -0.370. The van der Waals surface area contributed by atoms with Gasteiger partial charge in [0.2, 0.25) is 0 Å². The molecular weight excluding hydrogens is 138 g/mol. The van der Waals surface area contributed by atoms with Gasteiger partial charge in [0.15, 0.2) is 0 Å². The van der Waals surface area contributed by atoms with Crippen LogP contribution in [0.5, 0.6) is 0 Å². The monoisotopic (exact) mass is 155 g/mol.